The van der Waals surface area contributed by atoms with Crippen LogP contribution < -0.4 is 0 Å². The van der Waals surface area contributed by atoms with Crippen molar-refractivity contribution in [3.8, 4) is 0 Å². The first-order valence-corrected chi connectivity index (χ1v) is 5.15. The minimum atomic E-state index is -1.75. The first kappa shape index (κ1) is 45.0. The molecule has 0 saturated heterocycles. The zero-order valence-electron chi connectivity index (χ0n) is 14.2. The zero-order chi connectivity index (χ0) is 19.1. The summed E-state index contributed by atoms with van der Waals surface area (Å²) >= 11 is 0. The van der Waals surface area contributed by atoms with Crippen LogP contribution in [-0.4, -0.2) is 27.2 Å². The summed E-state index contributed by atoms with van der Waals surface area (Å²) in [6.07, 6.45) is 7.68. The first-order chi connectivity index (χ1) is 11.1. The van der Waals surface area contributed by atoms with Crippen molar-refractivity contribution in [3.05, 3.63) is 81.9 Å². The third-order valence-corrected chi connectivity index (χ3v) is 1.56. The van der Waals surface area contributed by atoms with E-state index < -0.39 is 15.3 Å². The second-order valence-corrected chi connectivity index (χ2v) is 3.13. The molecule has 0 spiro atoms. The zero-order valence-corrected chi connectivity index (χ0v) is 16.1. The molecule has 0 aromatic heterocycles. The van der Waals surface area contributed by atoms with Crippen molar-refractivity contribution < 1.29 is 74.9 Å². The van der Waals surface area contributed by atoms with Gasteiger partial charge in [-0.05, 0) is 22.6 Å². The molecule has 21 nitrogen and oxygen atoms in total. The van der Waals surface area contributed by atoms with Gasteiger partial charge < -0.3 is 72.8 Å². The van der Waals surface area contributed by atoms with Crippen LogP contribution in [0.5, 0.6) is 0 Å². The van der Waals surface area contributed by atoms with Crippen LogP contribution in [0.1, 0.15) is 0 Å². The first-order valence-electron chi connectivity index (χ1n) is 5.15. The molecule has 0 unspecified atom stereocenters. The van der Waals surface area contributed by atoms with Crippen LogP contribution in [0.4, 0.5) is 0 Å². The summed E-state index contributed by atoms with van der Waals surface area (Å²) in [6, 6.07) is 0. The molecule has 0 aliphatic carbocycles. The van der Waals surface area contributed by atoms with Gasteiger partial charge in [-0.2, -0.15) is 0 Å². The van der Waals surface area contributed by atoms with Crippen LogP contribution in [0.2, 0.25) is 0 Å². The molecule has 2 rings (SSSR count). The number of hydrogen-bond acceptors (Lipinski definition) is 14. The number of nitrogens with zero attached hydrogens (tertiary/aromatic N) is 8. The van der Waals surface area contributed by atoms with E-state index >= 15 is 0 Å². The van der Waals surface area contributed by atoms with Crippen LogP contribution in [0.3, 0.4) is 0 Å². The Morgan fingerprint density at radius 3 is 1.21 bits per heavy atom. The van der Waals surface area contributed by atoms with Crippen LogP contribution >= 0.6 is 0 Å². The van der Waals surface area contributed by atoms with Crippen LogP contribution in [0.15, 0.2) is 56.6 Å². The summed E-state index contributed by atoms with van der Waals surface area (Å²) in [5, 5.41) is 58.5. The molecule has 0 bridgehead atoms. The van der Waals surface area contributed by atoms with Crippen molar-refractivity contribution in [1.29, 1.82) is 0 Å². The molecule has 29 heavy (non-hydrogen) atoms. The SMILES string of the molecule is CN1C=CC(=C2N=NN=N2)C=C1.O=[N+]([O-])[O-].O=[N+]([O-])[O-].O=[N+]([O-])[O-].[Ho+3].[OH3+].[OH3+].[OH3+].[OH3+]. The third-order valence-electron chi connectivity index (χ3n) is 1.56. The fourth-order valence-electron chi connectivity index (χ4n) is 0.910. The minimum absolute atomic E-state index is 0. The Bertz CT molecular complexity index is 535. The molecule has 12 N–H and O–H groups in total. The quantitative estimate of drug-likeness (QED) is 0.125. The molecule has 0 radical (unpaired) electrons. The summed E-state index contributed by atoms with van der Waals surface area (Å²) in [6.45, 7) is 0. The van der Waals surface area contributed by atoms with Gasteiger partial charge in [0.2, 0.25) is 5.82 Å². The van der Waals surface area contributed by atoms with E-state index in [1.807, 2.05) is 36.5 Å². The smallest absolute Gasteiger partial charge is 0.457 e. The fraction of sp³-hybridized carbons (Fsp3) is 0.143. The van der Waals surface area contributed by atoms with Gasteiger partial charge in [-0.25, -0.2) is 0 Å². The van der Waals surface area contributed by atoms with E-state index in [-0.39, 0.29) is 59.6 Å². The molecule has 0 atom stereocenters. The largest absolute Gasteiger partial charge is 3.00 e. The van der Waals surface area contributed by atoms with E-state index in [0.717, 1.165) is 5.57 Å². The van der Waals surface area contributed by atoms with E-state index in [1.54, 1.807) is 0 Å². The Kier molecular flexibility index (Phi) is 42.1. The van der Waals surface area contributed by atoms with Crippen LogP contribution in [0.25, 0.3) is 0 Å². The molecule has 0 saturated carbocycles. The van der Waals surface area contributed by atoms with Gasteiger partial charge in [0, 0.05) is 25.0 Å². The summed E-state index contributed by atoms with van der Waals surface area (Å²) in [5.74, 6) is 0.565. The van der Waals surface area contributed by atoms with Crippen molar-refractivity contribution in [2.24, 2.45) is 20.7 Å². The fourth-order valence-corrected chi connectivity index (χ4v) is 0.910. The van der Waals surface area contributed by atoms with Crippen molar-refractivity contribution in [3.63, 3.8) is 0 Å². The summed E-state index contributed by atoms with van der Waals surface area (Å²) in [7, 11) is 1.95. The Morgan fingerprint density at radius 2 is 0.966 bits per heavy atom. The van der Waals surface area contributed by atoms with E-state index in [2.05, 4.69) is 20.7 Å². The average molecular weight is 588 g/mol. The van der Waals surface area contributed by atoms with Gasteiger partial charge in [0.05, 0.1) is 15.3 Å². The maximum Gasteiger partial charge on any atom is 3.00 e. The number of allylic oxidation sites excluding steroid dienone is 3. The van der Waals surface area contributed by atoms with Gasteiger partial charge in [-0.3, -0.25) is 0 Å². The molecule has 0 fully saturated rings. The molecule has 2 aliphatic rings. The van der Waals surface area contributed by atoms with Gasteiger partial charge in [-0.15, -0.1) is 10.2 Å². The van der Waals surface area contributed by atoms with Gasteiger partial charge in [0.15, 0.2) is 0 Å². The van der Waals surface area contributed by atoms with Gasteiger partial charge in [0.25, 0.3) is 0 Å². The second kappa shape index (κ2) is 27.1. The van der Waals surface area contributed by atoms with Crippen LogP contribution in [-0.2, 0) is 21.9 Å². The minimum Gasteiger partial charge on any atom is -0.457 e. The van der Waals surface area contributed by atoms with E-state index in [9.17, 15) is 0 Å². The number of hydrogen-bond donors (Lipinski definition) is 0. The summed E-state index contributed by atoms with van der Waals surface area (Å²) in [5.41, 5.74) is 0.929. The average Bonchev–Trinajstić information content (AvgIpc) is 2.91. The van der Waals surface area contributed by atoms with E-state index in [0.29, 0.717) is 5.82 Å². The van der Waals surface area contributed by atoms with E-state index in [4.69, 9.17) is 46.0 Å². The maximum absolute atomic E-state index is 8.25. The Balaban J connectivity index is -0.0000000495. The molecule has 0 aromatic carbocycles. The molecule has 0 aromatic rings. The van der Waals surface area contributed by atoms with Gasteiger partial charge >= 0.3 is 37.7 Å². The molecule has 22 heteroatoms. The molecule has 2 aliphatic heterocycles. The van der Waals surface area contributed by atoms with Crippen molar-refractivity contribution in [2.75, 3.05) is 7.05 Å². The Hall–Kier alpha value is -3.08. The molecular formula is C7H19HoN8O13+4. The molecule has 2 heterocycles. The predicted octanol–water partition coefficient (Wildman–Crippen LogP) is -2.40. The van der Waals surface area contributed by atoms with Crippen molar-refractivity contribution >= 4 is 0 Å². The molecule has 172 valence electrons. The molecular weight excluding hydrogens is 569 g/mol. The standard InChI is InChI=1S/C7H7N5.Ho.3NO3.4H2O/c1-12-4-2-6(3-5-12)7-8-10-11-9-7;;3*2-1(3)4;;;;/h2-5H,1H3;;;;;4*1H2/q;+3;3*-1;;;;/p+4. The van der Waals surface area contributed by atoms with Crippen LogP contribution in [0, 0.1) is 83.7 Å². The topological polar surface area (TPSA) is 383 Å². The molecule has 0 amide bonds. The van der Waals surface area contributed by atoms with Crippen molar-refractivity contribution in [2.45, 2.75) is 0 Å². The van der Waals surface area contributed by atoms with E-state index in [1.165, 1.54) is 0 Å². The Labute approximate surface area is 189 Å². The summed E-state index contributed by atoms with van der Waals surface area (Å²) < 4.78 is 0. The van der Waals surface area contributed by atoms with Crippen molar-refractivity contribution in [1.82, 2.24) is 4.90 Å². The van der Waals surface area contributed by atoms with Gasteiger partial charge in [0.1, 0.15) is 0 Å². The second-order valence-electron chi connectivity index (χ2n) is 3.13. The summed E-state index contributed by atoms with van der Waals surface area (Å²) in [4.78, 5) is 26.7. The van der Waals surface area contributed by atoms with Gasteiger partial charge in [-0.1, -0.05) is 0 Å². The normalized spacial score (nSPS) is 10.7. The number of rotatable bonds is 0. The Morgan fingerprint density at radius 1 is 0.724 bits per heavy atom. The maximum atomic E-state index is 8.25. The third kappa shape index (κ3) is 40.8. The monoisotopic (exact) mass is 588 g/mol. The predicted molar refractivity (Wildman–Crippen MR) is 93.4 cm³/mol.